The lowest BCUT2D eigenvalue weighted by Gasteiger charge is -2.10. The van der Waals surface area contributed by atoms with Crippen molar-refractivity contribution in [1.29, 1.82) is 0 Å². The average molecular weight is 360 g/mol. The Labute approximate surface area is 137 Å². The molecule has 10 heteroatoms. The Bertz CT molecular complexity index is 774. The van der Waals surface area contributed by atoms with Crippen molar-refractivity contribution in [3.8, 4) is 5.75 Å². The van der Waals surface area contributed by atoms with Gasteiger partial charge in [-0.25, -0.2) is 9.78 Å². The molecule has 128 valence electrons. The molecule has 2 aromatic rings. The molecular weight excluding hydrogens is 349 g/mol. The van der Waals surface area contributed by atoms with Gasteiger partial charge < -0.3 is 15.5 Å². The van der Waals surface area contributed by atoms with Crippen molar-refractivity contribution in [2.75, 3.05) is 6.54 Å². The predicted octanol–water partition coefficient (Wildman–Crippen LogP) is 2.54. The first kappa shape index (κ1) is 17.7. The molecule has 0 spiro atoms. The molecule has 1 heterocycles. The van der Waals surface area contributed by atoms with Crippen LogP contribution >= 0.6 is 11.3 Å². The monoisotopic (exact) mass is 360 g/mol. The van der Waals surface area contributed by atoms with Gasteiger partial charge in [-0.2, -0.15) is 13.2 Å². The van der Waals surface area contributed by atoms with E-state index in [-0.39, 0.29) is 24.2 Å². The highest BCUT2D eigenvalue weighted by Gasteiger charge is 2.31. The molecule has 0 saturated carbocycles. The Hall–Kier alpha value is -2.62. The Morgan fingerprint density at radius 1 is 1.25 bits per heavy atom. The van der Waals surface area contributed by atoms with Crippen molar-refractivity contribution < 1.29 is 33.0 Å². The SMILES string of the molecule is O=C(NCCc1nc(C(=O)O)cs1)c1cc(O)cc(C(F)(F)F)c1. The van der Waals surface area contributed by atoms with Gasteiger partial charge in [-0.1, -0.05) is 0 Å². The number of phenols is 1. The zero-order valence-corrected chi connectivity index (χ0v) is 12.7. The number of carbonyl (C=O) groups is 2. The minimum Gasteiger partial charge on any atom is -0.508 e. The number of carbonyl (C=O) groups excluding carboxylic acids is 1. The number of carboxylic acid groups (broad SMARTS) is 1. The second kappa shape index (κ2) is 6.87. The summed E-state index contributed by atoms with van der Waals surface area (Å²) in [6.45, 7) is 0.0579. The van der Waals surface area contributed by atoms with Crippen LogP contribution in [-0.2, 0) is 12.6 Å². The van der Waals surface area contributed by atoms with Gasteiger partial charge in [0.05, 0.1) is 10.6 Å². The smallest absolute Gasteiger partial charge is 0.416 e. The Kier molecular flexibility index (Phi) is 5.07. The highest BCUT2D eigenvalue weighted by Crippen LogP contribution is 2.32. The Morgan fingerprint density at radius 2 is 1.96 bits per heavy atom. The topological polar surface area (TPSA) is 99.5 Å². The summed E-state index contributed by atoms with van der Waals surface area (Å²) >= 11 is 1.10. The number of nitrogens with one attached hydrogen (secondary N) is 1. The summed E-state index contributed by atoms with van der Waals surface area (Å²) in [4.78, 5) is 26.4. The summed E-state index contributed by atoms with van der Waals surface area (Å²) in [6.07, 6.45) is -4.45. The van der Waals surface area contributed by atoms with E-state index in [2.05, 4.69) is 10.3 Å². The zero-order chi connectivity index (χ0) is 17.9. The van der Waals surface area contributed by atoms with Gasteiger partial charge in [-0.05, 0) is 18.2 Å². The molecule has 0 bridgehead atoms. The second-order valence-corrected chi connectivity index (χ2v) is 5.65. The third kappa shape index (κ3) is 4.44. The number of nitrogens with zero attached hydrogens (tertiary/aromatic N) is 1. The molecule has 0 saturated heterocycles. The lowest BCUT2D eigenvalue weighted by atomic mass is 10.1. The molecule has 0 aliphatic carbocycles. The van der Waals surface area contributed by atoms with Crippen molar-refractivity contribution >= 4 is 23.2 Å². The number of aromatic carboxylic acids is 1. The van der Waals surface area contributed by atoms with Crippen molar-refractivity contribution in [3.63, 3.8) is 0 Å². The maximum Gasteiger partial charge on any atom is 0.416 e. The summed E-state index contributed by atoms with van der Waals surface area (Å²) in [5, 5.41) is 22.3. The van der Waals surface area contributed by atoms with E-state index < -0.39 is 29.4 Å². The number of aromatic nitrogens is 1. The fraction of sp³-hybridized carbons (Fsp3) is 0.214. The summed E-state index contributed by atoms with van der Waals surface area (Å²) in [5.74, 6) is -2.62. The number of phenolic OH excluding ortho intramolecular Hbond substituents is 1. The van der Waals surface area contributed by atoms with E-state index in [1.165, 1.54) is 5.38 Å². The average Bonchev–Trinajstić information content (AvgIpc) is 2.94. The van der Waals surface area contributed by atoms with Crippen LogP contribution in [0.25, 0.3) is 0 Å². The maximum atomic E-state index is 12.7. The molecule has 0 atom stereocenters. The predicted molar refractivity (Wildman–Crippen MR) is 78.2 cm³/mol. The van der Waals surface area contributed by atoms with Gasteiger partial charge in [0.1, 0.15) is 5.75 Å². The number of benzene rings is 1. The number of thiazole rings is 1. The van der Waals surface area contributed by atoms with Crippen molar-refractivity contribution in [3.05, 3.63) is 45.4 Å². The molecule has 2 rings (SSSR count). The summed E-state index contributed by atoms with van der Waals surface area (Å²) < 4.78 is 38.0. The van der Waals surface area contributed by atoms with Crippen LogP contribution in [0.1, 0.15) is 31.4 Å². The highest BCUT2D eigenvalue weighted by atomic mass is 32.1. The number of halogens is 3. The largest absolute Gasteiger partial charge is 0.508 e. The van der Waals surface area contributed by atoms with Crippen molar-refractivity contribution in [2.24, 2.45) is 0 Å². The Balaban J connectivity index is 1.99. The van der Waals surface area contributed by atoms with Crippen LogP contribution in [0, 0.1) is 0 Å². The lowest BCUT2D eigenvalue weighted by Crippen LogP contribution is -2.26. The first-order chi connectivity index (χ1) is 11.2. The summed E-state index contributed by atoms with van der Waals surface area (Å²) in [6, 6.07) is 2.09. The number of alkyl halides is 3. The van der Waals surface area contributed by atoms with E-state index in [0.29, 0.717) is 17.1 Å². The number of hydrogen-bond donors (Lipinski definition) is 3. The first-order valence-electron chi connectivity index (χ1n) is 6.54. The third-order valence-corrected chi connectivity index (χ3v) is 3.81. The molecule has 0 fully saturated rings. The minimum absolute atomic E-state index is 0.0579. The molecule has 0 radical (unpaired) electrons. The van der Waals surface area contributed by atoms with Gasteiger partial charge in [0.15, 0.2) is 5.69 Å². The van der Waals surface area contributed by atoms with Crippen LogP contribution in [-0.4, -0.2) is 33.6 Å². The highest BCUT2D eigenvalue weighted by molar-refractivity contribution is 7.09. The van der Waals surface area contributed by atoms with E-state index in [0.717, 1.165) is 17.4 Å². The molecule has 0 aliphatic heterocycles. The van der Waals surface area contributed by atoms with E-state index in [4.69, 9.17) is 5.11 Å². The zero-order valence-electron chi connectivity index (χ0n) is 11.9. The Morgan fingerprint density at radius 3 is 2.54 bits per heavy atom. The molecule has 6 nitrogen and oxygen atoms in total. The van der Waals surface area contributed by atoms with Crippen LogP contribution < -0.4 is 5.32 Å². The van der Waals surface area contributed by atoms with Gasteiger partial charge in [0.2, 0.25) is 0 Å². The first-order valence-corrected chi connectivity index (χ1v) is 7.42. The molecule has 1 aromatic heterocycles. The summed E-state index contributed by atoms with van der Waals surface area (Å²) in [5.41, 5.74) is -1.56. The number of aromatic hydroxyl groups is 1. The van der Waals surface area contributed by atoms with Crippen LogP contribution in [0.2, 0.25) is 0 Å². The van der Waals surface area contributed by atoms with Crippen LogP contribution in [0.5, 0.6) is 5.75 Å². The number of carboxylic acids is 1. The van der Waals surface area contributed by atoms with Gasteiger partial charge in [0, 0.05) is 23.9 Å². The molecule has 1 aromatic carbocycles. The standard InChI is InChI=1S/C14H11F3N2O4S/c15-14(16,17)8-3-7(4-9(20)5-8)12(21)18-2-1-11-19-10(6-24-11)13(22)23/h3-6,20H,1-2H2,(H,18,21)(H,22,23). The van der Waals surface area contributed by atoms with Gasteiger partial charge in [-0.15, -0.1) is 11.3 Å². The molecule has 0 aliphatic rings. The quantitative estimate of drug-likeness (QED) is 0.761. The lowest BCUT2D eigenvalue weighted by molar-refractivity contribution is -0.137. The second-order valence-electron chi connectivity index (χ2n) is 4.70. The minimum atomic E-state index is -4.68. The molecule has 3 N–H and O–H groups in total. The number of amides is 1. The van der Waals surface area contributed by atoms with Gasteiger partial charge in [-0.3, -0.25) is 4.79 Å². The molecule has 24 heavy (non-hydrogen) atoms. The normalized spacial score (nSPS) is 11.3. The summed E-state index contributed by atoms with van der Waals surface area (Å²) in [7, 11) is 0. The third-order valence-electron chi connectivity index (χ3n) is 2.90. The van der Waals surface area contributed by atoms with Crippen LogP contribution in [0.15, 0.2) is 23.6 Å². The van der Waals surface area contributed by atoms with E-state index >= 15 is 0 Å². The van der Waals surface area contributed by atoms with Crippen LogP contribution in [0.4, 0.5) is 13.2 Å². The molecular formula is C14H11F3N2O4S. The fourth-order valence-electron chi connectivity index (χ4n) is 1.81. The number of hydrogen-bond acceptors (Lipinski definition) is 5. The molecule has 1 amide bonds. The van der Waals surface area contributed by atoms with Crippen LogP contribution in [0.3, 0.4) is 0 Å². The van der Waals surface area contributed by atoms with E-state index in [9.17, 15) is 27.9 Å². The molecule has 0 unspecified atom stereocenters. The fourth-order valence-corrected chi connectivity index (χ4v) is 2.59. The number of rotatable bonds is 5. The van der Waals surface area contributed by atoms with Gasteiger partial charge >= 0.3 is 12.1 Å². The van der Waals surface area contributed by atoms with E-state index in [1.54, 1.807) is 0 Å². The maximum absolute atomic E-state index is 12.7. The van der Waals surface area contributed by atoms with Gasteiger partial charge in [0.25, 0.3) is 5.91 Å². The van der Waals surface area contributed by atoms with Crippen molar-refractivity contribution in [2.45, 2.75) is 12.6 Å². The van der Waals surface area contributed by atoms with E-state index in [1.807, 2.05) is 0 Å². The van der Waals surface area contributed by atoms with Crippen molar-refractivity contribution in [1.82, 2.24) is 10.3 Å².